The van der Waals surface area contributed by atoms with E-state index in [0.717, 1.165) is 56.2 Å². The number of carbonyl (C=O) groups is 1. The molecule has 9 heteroatoms. The molecule has 182 valence electrons. The predicted molar refractivity (Wildman–Crippen MR) is 137 cm³/mol. The minimum absolute atomic E-state index is 0.000502. The van der Waals surface area contributed by atoms with E-state index >= 15 is 0 Å². The number of fused-ring (bicyclic) bond motifs is 2. The maximum atomic E-state index is 12.9. The Morgan fingerprint density at radius 2 is 1.80 bits per heavy atom. The molecule has 1 amide bonds. The molecule has 0 bridgehead atoms. The molecule has 1 atom stereocenters. The number of hydrogen-bond acceptors (Lipinski definition) is 3. The standard InChI is InChI=1S/C26H26Br2ClN3O3/c27-19-14-18-1-2-21-20(3-4-22(29)25(21)28)24(26(18)32(35)15-19)17-7-9-30(10-8-17)23(33)13-16-5-11-31(34)12-6-16/h3-6,11-12,14-15,17,24,34-35H,1-2,7-10,13H2/q+2/t24-/m1/s1. The van der Waals surface area contributed by atoms with Crippen LogP contribution in [0.15, 0.2) is 57.9 Å². The van der Waals surface area contributed by atoms with Gasteiger partial charge in [0.25, 0.3) is 0 Å². The van der Waals surface area contributed by atoms with Crippen LogP contribution >= 0.6 is 43.5 Å². The van der Waals surface area contributed by atoms with Crippen molar-refractivity contribution in [3.8, 4) is 0 Å². The van der Waals surface area contributed by atoms with Crippen LogP contribution in [0.2, 0.25) is 5.02 Å². The van der Waals surface area contributed by atoms with Crippen LogP contribution in [-0.2, 0) is 24.1 Å². The Morgan fingerprint density at radius 1 is 1.09 bits per heavy atom. The lowest BCUT2D eigenvalue weighted by atomic mass is 9.76. The van der Waals surface area contributed by atoms with Crippen molar-refractivity contribution in [1.29, 1.82) is 0 Å². The van der Waals surface area contributed by atoms with E-state index in [1.165, 1.54) is 28.3 Å². The zero-order valence-corrected chi connectivity index (χ0v) is 22.9. The number of halogens is 3. The summed E-state index contributed by atoms with van der Waals surface area (Å²) in [5.41, 5.74) is 5.31. The molecule has 6 nitrogen and oxygen atoms in total. The molecule has 2 N–H and O–H groups in total. The largest absolute Gasteiger partial charge is 0.342 e. The molecule has 0 saturated carbocycles. The second-order valence-electron chi connectivity index (χ2n) is 9.30. The topological polar surface area (TPSA) is 68.5 Å². The quantitative estimate of drug-likeness (QED) is 0.331. The van der Waals surface area contributed by atoms with Crippen LogP contribution in [0.4, 0.5) is 0 Å². The fraction of sp³-hybridized carbons (Fsp3) is 0.346. The SMILES string of the molecule is O=C(Cc1cc[n+](O)cc1)N1CCC([C@@H]2c3ccc(Cl)c(Br)c3CCc3cc(Br)c[n+](O)c32)CC1. The Hall–Kier alpha value is -2.16. The Morgan fingerprint density at radius 3 is 2.51 bits per heavy atom. The first-order valence-corrected chi connectivity index (χ1v) is 13.7. The number of benzene rings is 1. The molecule has 1 fully saturated rings. The molecule has 0 spiro atoms. The number of aromatic nitrogens is 2. The molecule has 35 heavy (non-hydrogen) atoms. The molecule has 2 aliphatic rings. The first kappa shape index (κ1) is 24.5. The first-order valence-electron chi connectivity index (χ1n) is 11.7. The third-order valence-electron chi connectivity index (χ3n) is 7.24. The van der Waals surface area contributed by atoms with Crippen molar-refractivity contribution in [2.24, 2.45) is 5.92 Å². The maximum Gasteiger partial charge on any atom is 0.245 e. The molecule has 3 heterocycles. The number of piperidine rings is 1. The molecule has 0 radical (unpaired) electrons. The van der Waals surface area contributed by atoms with Gasteiger partial charge in [-0.1, -0.05) is 17.7 Å². The molecule has 0 unspecified atom stereocenters. The van der Waals surface area contributed by atoms with Gasteiger partial charge in [-0.25, -0.2) is 0 Å². The van der Waals surface area contributed by atoms with Gasteiger partial charge in [0.15, 0.2) is 0 Å². The number of amides is 1. The van der Waals surface area contributed by atoms with Gasteiger partial charge >= 0.3 is 0 Å². The summed E-state index contributed by atoms with van der Waals surface area (Å²) in [6.45, 7) is 1.35. The van der Waals surface area contributed by atoms with Crippen LogP contribution in [0.1, 0.15) is 46.7 Å². The summed E-state index contributed by atoms with van der Waals surface area (Å²) in [4.78, 5) is 14.9. The van der Waals surface area contributed by atoms with Gasteiger partial charge in [0.2, 0.25) is 30.2 Å². The third-order valence-corrected chi connectivity index (χ3v) is 9.12. The fourth-order valence-corrected chi connectivity index (χ4v) is 6.73. The van der Waals surface area contributed by atoms with Crippen LogP contribution in [-0.4, -0.2) is 34.3 Å². The number of carbonyl (C=O) groups excluding carboxylic acids is 1. The van der Waals surface area contributed by atoms with E-state index in [2.05, 4.69) is 44.0 Å². The number of nitrogens with zero attached hydrogens (tertiary/aromatic N) is 3. The maximum absolute atomic E-state index is 12.9. The minimum Gasteiger partial charge on any atom is -0.342 e. The monoisotopic (exact) mass is 621 g/mol. The number of aryl methyl sites for hydroxylation is 1. The summed E-state index contributed by atoms with van der Waals surface area (Å²) in [6.07, 6.45) is 8.41. The third kappa shape index (κ3) is 4.93. The van der Waals surface area contributed by atoms with Gasteiger partial charge in [0, 0.05) is 44.7 Å². The summed E-state index contributed by atoms with van der Waals surface area (Å²) in [6, 6.07) is 9.64. The first-order chi connectivity index (χ1) is 16.8. The summed E-state index contributed by atoms with van der Waals surface area (Å²) in [5, 5.41) is 21.1. The number of pyridine rings is 2. The molecule has 3 aromatic rings. The zero-order chi connectivity index (χ0) is 24.7. The lowest BCUT2D eigenvalue weighted by Crippen LogP contribution is -2.44. The molecule has 1 aliphatic carbocycles. The van der Waals surface area contributed by atoms with Crippen molar-refractivity contribution in [1.82, 2.24) is 4.90 Å². The van der Waals surface area contributed by atoms with E-state index in [4.69, 9.17) is 11.6 Å². The highest BCUT2D eigenvalue weighted by molar-refractivity contribution is 9.10. The average Bonchev–Trinajstić information content (AvgIpc) is 3.00. The van der Waals surface area contributed by atoms with Crippen LogP contribution in [0.25, 0.3) is 0 Å². The van der Waals surface area contributed by atoms with Crippen molar-refractivity contribution in [3.63, 3.8) is 0 Å². The van der Waals surface area contributed by atoms with E-state index in [-0.39, 0.29) is 17.7 Å². The molecule has 2 aromatic heterocycles. The van der Waals surface area contributed by atoms with E-state index in [1.54, 1.807) is 18.3 Å². The smallest absolute Gasteiger partial charge is 0.245 e. The van der Waals surface area contributed by atoms with Gasteiger partial charge in [0.1, 0.15) is 0 Å². The average molecular weight is 624 g/mol. The summed E-state index contributed by atoms with van der Waals surface area (Å²) < 4.78 is 4.02. The highest BCUT2D eigenvalue weighted by atomic mass is 79.9. The van der Waals surface area contributed by atoms with Gasteiger partial charge in [-0.2, -0.15) is 0 Å². The minimum atomic E-state index is 0.000502. The fourth-order valence-electron chi connectivity index (χ4n) is 5.53. The van der Waals surface area contributed by atoms with Gasteiger partial charge in [-0.15, -0.1) is 0 Å². The lowest BCUT2D eigenvalue weighted by molar-refractivity contribution is -0.911. The summed E-state index contributed by atoms with van der Waals surface area (Å²) >= 11 is 13.7. The van der Waals surface area contributed by atoms with E-state index < -0.39 is 0 Å². The van der Waals surface area contributed by atoms with E-state index in [0.29, 0.717) is 24.5 Å². The van der Waals surface area contributed by atoms with Crippen molar-refractivity contribution >= 4 is 49.4 Å². The van der Waals surface area contributed by atoms with Crippen molar-refractivity contribution < 1.29 is 24.7 Å². The zero-order valence-electron chi connectivity index (χ0n) is 19.0. The number of hydrogen-bond donors (Lipinski definition) is 2. The Labute approximate surface area is 225 Å². The normalized spacial score (nSPS) is 18.0. The molecule has 5 rings (SSSR count). The molecule has 1 aromatic carbocycles. The van der Waals surface area contributed by atoms with Crippen molar-refractivity contribution in [2.45, 2.75) is 38.0 Å². The molecule has 1 saturated heterocycles. The highest BCUT2D eigenvalue weighted by Crippen LogP contribution is 2.45. The second kappa shape index (κ2) is 10.1. The molecular weight excluding hydrogens is 598 g/mol. The predicted octanol–water partition coefficient (Wildman–Crippen LogP) is 4.63. The summed E-state index contributed by atoms with van der Waals surface area (Å²) in [5.74, 6) is 0.365. The van der Waals surface area contributed by atoms with Crippen LogP contribution in [0.5, 0.6) is 0 Å². The van der Waals surface area contributed by atoms with E-state index in [1.807, 2.05) is 11.0 Å². The van der Waals surface area contributed by atoms with Gasteiger partial charge < -0.3 is 4.90 Å². The number of rotatable bonds is 3. The van der Waals surface area contributed by atoms with Crippen molar-refractivity contribution in [3.05, 3.63) is 90.8 Å². The Kier molecular flexibility index (Phi) is 7.06. The lowest BCUT2D eigenvalue weighted by Gasteiger charge is -2.35. The van der Waals surface area contributed by atoms with Crippen LogP contribution in [0.3, 0.4) is 0 Å². The van der Waals surface area contributed by atoms with Crippen molar-refractivity contribution in [2.75, 3.05) is 13.1 Å². The van der Waals surface area contributed by atoms with Gasteiger partial charge in [0.05, 0.1) is 21.8 Å². The number of likely N-dealkylation sites (tertiary alicyclic amines) is 1. The Bertz CT molecular complexity index is 1280. The highest BCUT2D eigenvalue weighted by Gasteiger charge is 2.40. The Balaban J connectivity index is 1.42. The van der Waals surface area contributed by atoms with Crippen LogP contribution in [0, 0.1) is 5.92 Å². The van der Waals surface area contributed by atoms with Gasteiger partial charge in [-0.3, -0.25) is 15.2 Å². The van der Waals surface area contributed by atoms with Crippen LogP contribution < -0.4 is 9.46 Å². The summed E-state index contributed by atoms with van der Waals surface area (Å²) in [7, 11) is 0. The molecule has 1 aliphatic heterocycles. The molecular formula is C26H26Br2ClN3O3+2. The van der Waals surface area contributed by atoms with Gasteiger partial charge in [-0.05, 0) is 92.3 Å². The van der Waals surface area contributed by atoms with E-state index in [9.17, 15) is 15.2 Å². The second-order valence-corrected chi connectivity index (χ2v) is 11.4.